The zero-order chi connectivity index (χ0) is 20.4. The van der Waals surface area contributed by atoms with E-state index in [4.69, 9.17) is 20.1 Å². The summed E-state index contributed by atoms with van der Waals surface area (Å²) in [5.74, 6) is 0. The van der Waals surface area contributed by atoms with E-state index in [1.165, 1.54) is 0 Å². The van der Waals surface area contributed by atoms with Crippen molar-refractivity contribution in [2.24, 2.45) is 5.11 Å². The smallest absolute Gasteiger partial charge is 0.390 e. The molecule has 0 aliphatic carbocycles. The number of azide groups is 1. The highest BCUT2D eigenvalue weighted by Crippen LogP contribution is 2.57. The number of rotatable bonds is 7. The highest BCUT2D eigenvalue weighted by molar-refractivity contribution is 7.60. The largest absolute Gasteiger partial charge is 0.481 e. The lowest BCUT2D eigenvalue weighted by molar-refractivity contribution is -0.0455. The molecule has 0 spiro atoms. The summed E-state index contributed by atoms with van der Waals surface area (Å²) in [7, 11) is -10.6. The minimum atomic E-state index is -5.34. The number of aliphatic hydroxyl groups excluding tert-OH is 1. The van der Waals surface area contributed by atoms with Gasteiger partial charge in [0.15, 0.2) is 0 Å². The average Bonchev–Trinajstić information content (AvgIpc) is 2.80. The van der Waals surface area contributed by atoms with Crippen LogP contribution in [0.25, 0.3) is 10.4 Å². The van der Waals surface area contributed by atoms with E-state index in [2.05, 4.69) is 18.9 Å². The van der Waals surface area contributed by atoms with Crippen LogP contribution in [0.1, 0.15) is 6.23 Å². The van der Waals surface area contributed by atoms with E-state index in [1.54, 1.807) is 0 Å². The summed E-state index contributed by atoms with van der Waals surface area (Å²) in [4.78, 5) is 53.7. The summed E-state index contributed by atoms with van der Waals surface area (Å²) in [6.07, 6.45) is -3.49. The van der Waals surface area contributed by atoms with E-state index in [-0.39, 0.29) is 0 Å². The average molecular weight is 429 g/mol. The molecule has 5 atom stereocenters. The Kier molecular flexibility index (Phi) is 6.39. The number of aliphatic hydroxyl groups is 1. The molecule has 1 saturated heterocycles. The van der Waals surface area contributed by atoms with Crippen LogP contribution in [0.4, 0.5) is 0 Å². The Balaban J connectivity index is 2.22. The van der Waals surface area contributed by atoms with Gasteiger partial charge in [-0.1, -0.05) is 5.11 Å². The predicted molar refractivity (Wildman–Crippen MR) is 83.1 cm³/mol. The fraction of sp³-hybridized carbons (Fsp3) is 0.556. The highest BCUT2D eigenvalue weighted by atomic mass is 31.3. The van der Waals surface area contributed by atoms with Crippen LogP contribution < -0.4 is 11.2 Å². The lowest BCUT2D eigenvalue weighted by Gasteiger charge is -2.18. The second-order valence-electron chi connectivity index (χ2n) is 5.11. The van der Waals surface area contributed by atoms with Gasteiger partial charge in [0.2, 0.25) is 0 Å². The highest BCUT2D eigenvalue weighted by Gasteiger charge is 2.46. The van der Waals surface area contributed by atoms with Crippen molar-refractivity contribution in [3.63, 3.8) is 0 Å². The second-order valence-corrected chi connectivity index (χ2v) is 7.93. The number of nitrogens with zero attached hydrogens (tertiary/aromatic N) is 4. The molecule has 27 heavy (non-hydrogen) atoms. The molecule has 1 aromatic heterocycles. The fourth-order valence-corrected chi connectivity index (χ4v) is 3.83. The summed E-state index contributed by atoms with van der Waals surface area (Å²) in [6, 6.07) is -0.433. The molecule has 150 valence electrons. The van der Waals surface area contributed by atoms with Crippen LogP contribution in [0.2, 0.25) is 0 Å². The van der Waals surface area contributed by atoms with Crippen LogP contribution in [0.3, 0.4) is 0 Å². The van der Waals surface area contributed by atoms with Crippen molar-refractivity contribution in [1.82, 2.24) is 9.55 Å². The van der Waals surface area contributed by atoms with Crippen molar-refractivity contribution in [1.29, 1.82) is 0 Å². The minimum Gasteiger partial charge on any atom is -0.390 e. The molecular weight excluding hydrogens is 416 g/mol. The van der Waals surface area contributed by atoms with Crippen LogP contribution in [-0.4, -0.2) is 54.2 Å². The summed E-state index contributed by atoms with van der Waals surface area (Å²) >= 11 is 0. The molecule has 1 fully saturated rings. The number of hydrogen-bond donors (Lipinski definition) is 5. The first-order chi connectivity index (χ1) is 12.4. The predicted octanol–water partition coefficient (Wildman–Crippen LogP) is -1.30. The van der Waals surface area contributed by atoms with Crippen molar-refractivity contribution in [2.75, 3.05) is 6.61 Å². The first-order valence-corrected chi connectivity index (χ1v) is 9.89. The quantitative estimate of drug-likeness (QED) is 0.147. The molecule has 2 heterocycles. The van der Waals surface area contributed by atoms with Crippen LogP contribution in [0, 0.1) is 0 Å². The number of phosphoric ester groups is 1. The number of phosphoric acid groups is 2. The lowest BCUT2D eigenvalue weighted by atomic mass is 10.1. The topological polar surface area (TPSA) is 246 Å². The number of ether oxygens (including phenoxy) is 1. The fourth-order valence-electron chi connectivity index (χ4n) is 2.23. The maximum Gasteiger partial charge on any atom is 0.481 e. The van der Waals surface area contributed by atoms with E-state index in [0.29, 0.717) is 0 Å². The Morgan fingerprint density at radius 1 is 1.37 bits per heavy atom. The number of H-pyrrole nitrogens is 1. The maximum atomic E-state index is 11.9. The third-order valence-electron chi connectivity index (χ3n) is 3.26. The van der Waals surface area contributed by atoms with Gasteiger partial charge >= 0.3 is 21.3 Å². The SMILES string of the molecule is [N-]=[N+]=NC1[C@H](n2ccc(=O)[nH]c2=O)O[C@H](COP(=O)(O)OP(=O)(O)O)[C@H]1O. The number of aromatic nitrogens is 2. The molecule has 2 rings (SSSR count). The van der Waals surface area contributed by atoms with Crippen LogP contribution in [-0.2, 0) is 22.7 Å². The van der Waals surface area contributed by atoms with Gasteiger partial charge in [-0.25, -0.2) is 13.9 Å². The molecule has 0 saturated carbocycles. The summed E-state index contributed by atoms with van der Waals surface area (Å²) in [5.41, 5.74) is 6.96. The van der Waals surface area contributed by atoms with Gasteiger partial charge in [-0.2, -0.15) is 4.31 Å². The van der Waals surface area contributed by atoms with E-state index in [1.807, 2.05) is 4.98 Å². The van der Waals surface area contributed by atoms with Crippen molar-refractivity contribution < 1.29 is 42.5 Å². The van der Waals surface area contributed by atoms with E-state index < -0.39 is 58.0 Å². The molecule has 0 aromatic carbocycles. The molecule has 0 bridgehead atoms. The van der Waals surface area contributed by atoms with Gasteiger partial charge in [0.1, 0.15) is 18.4 Å². The zero-order valence-corrected chi connectivity index (χ0v) is 14.8. The van der Waals surface area contributed by atoms with Crippen molar-refractivity contribution in [3.8, 4) is 0 Å². The Bertz CT molecular complexity index is 948. The van der Waals surface area contributed by atoms with Gasteiger partial charge in [-0.05, 0) is 5.53 Å². The second kappa shape index (κ2) is 8.04. The summed E-state index contributed by atoms with van der Waals surface area (Å²) in [6.45, 7) is -0.916. The Labute approximate surface area is 148 Å². The van der Waals surface area contributed by atoms with Gasteiger partial charge < -0.3 is 24.5 Å². The molecular formula is C9H13N5O11P2. The number of hydrogen-bond acceptors (Lipinski definition) is 9. The van der Waals surface area contributed by atoms with Gasteiger partial charge in [0.05, 0.1) is 12.7 Å². The molecule has 1 aliphatic heterocycles. The summed E-state index contributed by atoms with van der Waals surface area (Å²) < 4.78 is 36.1. The van der Waals surface area contributed by atoms with Gasteiger partial charge in [0.25, 0.3) is 5.56 Å². The van der Waals surface area contributed by atoms with Crippen molar-refractivity contribution in [2.45, 2.75) is 24.5 Å². The van der Waals surface area contributed by atoms with E-state index >= 15 is 0 Å². The molecule has 5 N–H and O–H groups in total. The van der Waals surface area contributed by atoms with Crippen molar-refractivity contribution in [3.05, 3.63) is 43.5 Å². The Morgan fingerprint density at radius 3 is 2.59 bits per heavy atom. The first kappa shape index (κ1) is 21.5. The third-order valence-corrected chi connectivity index (χ3v) is 5.41. The molecule has 16 nitrogen and oxygen atoms in total. The van der Waals surface area contributed by atoms with Crippen molar-refractivity contribution >= 4 is 15.6 Å². The maximum absolute atomic E-state index is 11.9. The van der Waals surface area contributed by atoms with Crippen LogP contribution in [0.5, 0.6) is 0 Å². The third kappa shape index (κ3) is 5.57. The Hall–Kier alpha value is -1.83. The summed E-state index contributed by atoms with van der Waals surface area (Å²) in [5, 5.41) is 13.5. The van der Waals surface area contributed by atoms with Gasteiger partial charge in [0, 0.05) is 17.2 Å². The van der Waals surface area contributed by atoms with Crippen LogP contribution in [0.15, 0.2) is 27.0 Å². The minimum absolute atomic E-state index is 0.717. The van der Waals surface area contributed by atoms with E-state index in [9.17, 15) is 28.7 Å². The van der Waals surface area contributed by atoms with E-state index in [0.717, 1.165) is 16.8 Å². The standard InChI is InChI=1S/C9H13N5O11P2/c10-13-12-6-7(16)4(3-23-27(21,22)25-26(18,19)20)24-8(6)14-2-1-5(15)11-9(14)17/h1-2,4,6-8,16H,3H2,(H,21,22)(H,11,15,17)(H2,18,19,20)/t4-,6?,7-,8-/m1/s1. The van der Waals surface area contributed by atoms with Gasteiger partial charge in [-0.3, -0.25) is 18.9 Å². The Morgan fingerprint density at radius 2 is 2.04 bits per heavy atom. The number of aromatic amines is 1. The molecule has 1 aliphatic rings. The molecule has 1 aromatic rings. The monoisotopic (exact) mass is 429 g/mol. The van der Waals surface area contributed by atoms with Gasteiger partial charge in [-0.15, -0.1) is 0 Å². The lowest BCUT2D eigenvalue weighted by Crippen LogP contribution is -2.36. The van der Waals surface area contributed by atoms with Crippen LogP contribution >= 0.6 is 15.6 Å². The molecule has 0 radical (unpaired) electrons. The first-order valence-electron chi connectivity index (χ1n) is 6.87. The normalized spacial score (nSPS) is 27.7. The zero-order valence-electron chi connectivity index (χ0n) is 13.0. The molecule has 2 unspecified atom stereocenters. The molecule has 0 amide bonds. The molecule has 18 heteroatoms. The number of nitrogens with one attached hydrogen (secondary N) is 1.